The van der Waals surface area contributed by atoms with Crippen LogP contribution in [0, 0.1) is 55.4 Å². The molecule has 0 spiro atoms. The van der Waals surface area contributed by atoms with Gasteiger partial charge in [0, 0.05) is 0 Å². The van der Waals surface area contributed by atoms with Gasteiger partial charge in [-0.2, -0.15) is 0 Å². The van der Waals surface area contributed by atoms with Crippen molar-refractivity contribution >= 4 is 0 Å². The molecule has 0 bridgehead atoms. The van der Waals surface area contributed by atoms with Crippen LogP contribution in [-0.2, 0) is 5.41 Å². The van der Waals surface area contributed by atoms with Crippen molar-refractivity contribution < 1.29 is 9.47 Å². The molecule has 1 aliphatic rings. The van der Waals surface area contributed by atoms with Crippen molar-refractivity contribution in [3.8, 4) is 34.1 Å². The molecule has 0 unspecified atom stereocenters. The van der Waals surface area contributed by atoms with Gasteiger partial charge in [-0.05, 0) is 159 Å². The normalized spacial score (nSPS) is 12.9. The van der Waals surface area contributed by atoms with Gasteiger partial charge in [-0.3, -0.25) is 0 Å². The van der Waals surface area contributed by atoms with Crippen LogP contribution in [0.3, 0.4) is 0 Å². The summed E-state index contributed by atoms with van der Waals surface area (Å²) in [5, 5.41) is 0. The summed E-state index contributed by atoms with van der Waals surface area (Å²) in [5.41, 5.74) is 16.8. The van der Waals surface area contributed by atoms with Gasteiger partial charge in [0.25, 0.3) is 0 Å². The molecule has 0 saturated carbocycles. The van der Waals surface area contributed by atoms with Crippen LogP contribution in [0.4, 0.5) is 0 Å². The molecule has 6 aromatic carbocycles. The lowest BCUT2D eigenvalue weighted by Crippen LogP contribution is -2.29. The zero-order valence-corrected chi connectivity index (χ0v) is 28.7. The third-order valence-corrected chi connectivity index (χ3v) is 10.1. The standard InChI is InChI=1S/C45H42O2/c1-27-9-17-41-39(21-27)40-22-28(2)10-18-42(40)45(41,35-13-19-43(33(7)23-35)46-37-15-11-29(3)31(5)25-37)36-14-20-44(34(8)24-36)47-38-16-12-30(4)32(6)26-38/h9-26H,1-8H3. The molecular formula is C45H42O2. The molecule has 0 amide bonds. The van der Waals surface area contributed by atoms with Crippen LogP contribution in [0.5, 0.6) is 23.0 Å². The molecule has 1 aliphatic carbocycles. The lowest BCUT2D eigenvalue weighted by Gasteiger charge is -2.35. The van der Waals surface area contributed by atoms with E-state index in [-0.39, 0.29) is 0 Å². The van der Waals surface area contributed by atoms with Crippen molar-refractivity contribution in [3.63, 3.8) is 0 Å². The molecular weight excluding hydrogens is 572 g/mol. The Morgan fingerprint density at radius 2 is 0.787 bits per heavy atom. The van der Waals surface area contributed by atoms with E-state index in [0.717, 1.165) is 34.1 Å². The quantitative estimate of drug-likeness (QED) is 0.185. The second-order valence-electron chi connectivity index (χ2n) is 13.5. The maximum Gasteiger partial charge on any atom is 0.130 e. The van der Waals surface area contributed by atoms with Gasteiger partial charge in [0.15, 0.2) is 0 Å². The molecule has 47 heavy (non-hydrogen) atoms. The Hall–Kier alpha value is -5.08. The zero-order chi connectivity index (χ0) is 33.0. The molecule has 0 heterocycles. The van der Waals surface area contributed by atoms with E-state index < -0.39 is 5.41 Å². The molecule has 0 fully saturated rings. The summed E-state index contributed by atoms with van der Waals surface area (Å²) in [4.78, 5) is 0. The maximum absolute atomic E-state index is 6.46. The SMILES string of the molecule is Cc1ccc2c(c1)-c1cc(C)ccc1C2(c1ccc(Oc2ccc(C)c(C)c2)c(C)c1)c1ccc(Oc2ccc(C)c(C)c2)c(C)c1. The summed E-state index contributed by atoms with van der Waals surface area (Å²) in [6.45, 7) is 17.2. The van der Waals surface area contributed by atoms with Gasteiger partial charge in [0.2, 0.25) is 0 Å². The Morgan fingerprint density at radius 1 is 0.362 bits per heavy atom. The Kier molecular flexibility index (Phi) is 7.56. The molecule has 0 aliphatic heterocycles. The summed E-state index contributed by atoms with van der Waals surface area (Å²) in [7, 11) is 0. The van der Waals surface area contributed by atoms with E-state index >= 15 is 0 Å². The van der Waals surface area contributed by atoms with E-state index in [1.807, 2.05) is 0 Å². The average Bonchev–Trinajstić information content (AvgIpc) is 3.32. The third-order valence-electron chi connectivity index (χ3n) is 10.1. The smallest absolute Gasteiger partial charge is 0.130 e. The highest BCUT2D eigenvalue weighted by Crippen LogP contribution is 2.57. The first-order chi connectivity index (χ1) is 22.5. The first-order valence-corrected chi connectivity index (χ1v) is 16.5. The Labute approximate surface area is 279 Å². The summed E-state index contributed by atoms with van der Waals surface area (Å²) in [6.07, 6.45) is 0. The maximum atomic E-state index is 6.46. The predicted octanol–water partition coefficient (Wildman–Crippen LogP) is 12.1. The summed E-state index contributed by atoms with van der Waals surface area (Å²) in [6, 6.07) is 39.9. The molecule has 0 saturated heterocycles. The van der Waals surface area contributed by atoms with E-state index in [0.29, 0.717) is 0 Å². The van der Waals surface area contributed by atoms with Crippen molar-refractivity contribution in [2.45, 2.75) is 60.8 Å². The lowest BCUT2D eigenvalue weighted by atomic mass is 9.67. The molecule has 0 N–H and O–H groups in total. The van der Waals surface area contributed by atoms with Gasteiger partial charge >= 0.3 is 0 Å². The fraction of sp³-hybridized carbons (Fsp3) is 0.200. The van der Waals surface area contributed by atoms with Crippen molar-refractivity contribution in [2.75, 3.05) is 0 Å². The molecule has 6 aromatic rings. The minimum atomic E-state index is -0.514. The van der Waals surface area contributed by atoms with Gasteiger partial charge in [-0.15, -0.1) is 0 Å². The second-order valence-corrected chi connectivity index (χ2v) is 13.5. The Bertz CT molecular complexity index is 2030. The number of fused-ring (bicyclic) bond motifs is 3. The van der Waals surface area contributed by atoms with Gasteiger partial charge in [-0.1, -0.05) is 83.9 Å². The van der Waals surface area contributed by atoms with Crippen molar-refractivity contribution in [1.29, 1.82) is 0 Å². The molecule has 0 atom stereocenters. The zero-order valence-electron chi connectivity index (χ0n) is 28.7. The monoisotopic (exact) mass is 614 g/mol. The molecule has 2 nitrogen and oxygen atoms in total. The predicted molar refractivity (Wildman–Crippen MR) is 195 cm³/mol. The highest BCUT2D eigenvalue weighted by molar-refractivity contribution is 5.87. The summed E-state index contributed by atoms with van der Waals surface area (Å²) < 4.78 is 12.9. The van der Waals surface area contributed by atoms with Gasteiger partial charge in [0.05, 0.1) is 5.41 Å². The average molecular weight is 615 g/mol. The Balaban J connectivity index is 1.41. The molecule has 2 heteroatoms. The second kappa shape index (κ2) is 11.6. The number of ether oxygens (including phenoxy) is 2. The number of aryl methyl sites for hydroxylation is 8. The largest absolute Gasteiger partial charge is 0.457 e. The van der Waals surface area contributed by atoms with Gasteiger partial charge < -0.3 is 9.47 Å². The van der Waals surface area contributed by atoms with Crippen LogP contribution in [0.25, 0.3) is 11.1 Å². The van der Waals surface area contributed by atoms with Crippen LogP contribution in [0.2, 0.25) is 0 Å². The van der Waals surface area contributed by atoms with E-state index in [2.05, 4.69) is 165 Å². The third kappa shape index (κ3) is 5.22. The van der Waals surface area contributed by atoms with E-state index in [4.69, 9.17) is 9.47 Å². The first kappa shape index (κ1) is 30.6. The molecule has 0 radical (unpaired) electrons. The van der Waals surface area contributed by atoms with Crippen molar-refractivity contribution in [2.24, 2.45) is 0 Å². The topological polar surface area (TPSA) is 18.5 Å². The van der Waals surface area contributed by atoms with E-state index in [9.17, 15) is 0 Å². The highest BCUT2D eigenvalue weighted by atomic mass is 16.5. The molecule has 234 valence electrons. The van der Waals surface area contributed by atoms with Crippen LogP contribution in [0.15, 0.2) is 109 Å². The van der Waals surface area contributed by atoms with Crippen LogP contribution in [0.1, 0.15) is 66.8 Å². The van der Waals surface area contributed by atoms with E-state index in [1.165, 1.54) is 66.8 Å². The number of benzene rings is 6. The number of hydrogen-bond acceptors (Lipinski definition) is 2. The fourth-order valence-corrected chi connectivity index (χ4v) is 7.15. The number of hydrogen-bond donors (Lipinski definition) is 0. The summed E-state index contributed by atoms with van der Waals surface area (Å²) >= 11 is 0. The van der Waals surface area contributed by atoms with Crippen LogP contribution < -0.4 is 9.47 Å². The fourth-order valence-electron chi connectivity index (χ4n) is 7.15. The van der Waals surface area contributed by atoms with Crippen molar-refractivity contribution in [3.05, 3.63) is 176 Å². The Morgan fingerprint density at radius 3 is 1.17 bits per heavy atom. The van der Waals surface area contributed by atoms with Crippen LogP contribution >= 0.6 is 0 Å². The summed E-state index contributed by atoms with van der Waals surface area (Å²) in [5.74, 6) is 3.45. The van der Waals surface area contributed by atoms with Gasteiger partial charge in [-0.25, -0.2) is 0 Å². The minimum absolute atomic E-state index is 0.514. The van der Waals surface area contributed by atoms with E-state index in [1.54, 1.807) is 0 Å². The van der Waals surface area contributed by atoms with Gasteiger partial charge in [0.1, 0.15) is 23.0 Å². The first-order valence-electron chi connectivity index (χ1n) is 16.5. The highest BCUT2D eigenvalue weighted by Gasteiger charge is 2.46. The van der Waals surface area contributed by atoms with Crippen molar-refractivity contribution in [1.82, 2.24) is 0 Å². The minimum Gasteiger partial charge on any atom is -0.457 e. The van der Waals surface area contributed by atoms with Crippen LogP contribution in [-0.4, -0.2) is 0 Å². The number of rotatable bonds is 6. The molecule has 0 aromatic heterocycles. The molecule has 7 rings (SSSR count). The lowest BCUT2D eigenvalue weighted by molar-refractivity contribution is 0.477.